The largest absolute Gasteiger partial charge is 0.361 e. The van der Waals surface area contributed by atoms with E-state index in [9.17, 15) is 0 Å². The second-order valence-electron chi connectivity index (χ2n) is 12.7. The quantitative estimate of drug-likeness (QED) is 0.217. The van der Waals surface area contributed by atoms with Crippen LogP contribution >= 0.6 is 36.2 Å². The van der Waals surface area contributed by atoms with Crippen LogP contribution < -0.4 is 10.6 Å². The molecule has 3 aliphatic heterocycles. The van der Waals surface area contributed by atoms with Gasteiger partial charge in [0.2, 0.25) is 0 Å². The first kappa shape index (κ1) is 34.1. The predicted molar refractivity (Wildman–Crippen MR) is 192 cm³/mol. The predicted octanol–water partition coefficient (Wildman–Crippen LogP) is 6.07. The lowest BCUT2D eigenvalue weighted by Gasteiger charge is -2.22. The van der Waals surface area contributed by atoms with Gasteiger partial charge in [0.05, 0.1) is 19.6 Å². The van der Waals surface area contributed by atoms with Crippen LogP contribution in [0.25, 0.3) is 0 Å². The minimum absolute atomic E-state index is 0.347. The van der Waals surface area contributed by atoms with E-state index in [0.29, 0.717) is 16.2 Å². The van der Waals surface area contributed by atoms with Gasteiger partial charge < -0.3 is 10.6 Å². The zero-order valence-electron chi connectivity index (χ0n) is 26.8. The molecule has 43 heavy (non-hydrogen) atoms. The average Bonchev–Trinajstić information content (AvgIpc) is 3.87. The van der Waals surface area contributed by atoms with E-state index in [1.54, 1.807) is 11.8 Å². The van der Waals surface area contributed by atoms with Crippen LogP contribution in [0.4, 0.5) is 0 Å². The molecule has 0 aromatic carbocycles. The Morgan fingerprint density at radius 3 is 1.35 bits per heavy atom. The molecule has 2 N–H and O–H groups in total. The van der Waals surface area contributed by atoms with Crippen molar-refractivity contribution < 1.29 is 0 Å². The van der Waals surface area contributed by atoms with Crippen molar-refractivity contribution in [1.29, 1.82) is 0 Å². The molecule has 3 aliphatic carbocycles. The van der Waals surface area contributed by atoms with E-state index in [1.807, 2.05) is 10.0 Å². The summed E-state index contributed by atoms with van der Waals surface area (Å²) in [5, 5.41) is 28.1. The number of rotatable bonds is 3. The maximum atomic E-state index is 5.23. The highest BCUT2D eigenvalue weighted by molar-refractivity contribution is 8.13. The van der Waals surface area contributed by atoms with Gasteiger partial charge in [-0.2, -0.15) is 15.3 Å². The lowest BCUT2D eigenvalue weighted by atomic mass is 9.88. The summed E-state index contributed by atoms with van der Waals surface area (Å²) >= 11 is 12.2. The SMILES string of the molecule is CCN=C(SC)N1CC2(C=N1)CCCC2.CCNC(=S)N1CC2(C=N1)CCCC2.CCNC(=S)N1CC2(C=N1)CCCC2. The Morgan fingerprint density at radius 1 is 0.674 bits per heavy atom. The van der Waals surface area contributed by atoms with Gasteiger partial charge in [0.25, 0.3) is 0 Å². The van der Waals surface area contributed by atoms with Crippen LogP contribution in [0.2, 0.25) is 0 Å². The normalized spacial score (nSPS) is 23.7. The fourth-order valence-electron chi connectivity index (χ4n) is 7.05. The van der Waals surface area contributed by atoms with Gasteiger partial charge in [-0.15, -0.1) is 0 Å². The summed E-state index contributed by atoms with van der Waals surface area (Å²) in [5.74, 6) is 0. The first-order chi connectivity index (χ1) is 20.8. The van der Waals surface area contributed by atoms with E-state index >= 15 is 0 Å². The van der Waals surface area contributed by atoms with Crippen molar-refractivity contribution in [2.24, 2.45) is 36.5 Å². The Labute approximate surface area is 274 Å². The topological polar surface area (TPSA) is 83.2 Å². The molecule has 0 saturated heterocycles. The van der Waals surface area contributed by atoms with Gasteiger partial charge in [-0.3, -0.25) is 4.99 Å². The van der Waals surface area contributed by atoms with Crippen molar-refractivity contribution in [2.75, 3.05) is 45.5 Å². The molecule has 3 saturated carbocycles. The maximum Gasteiger partial charge on any atom is 0.189 e. The van der Waals surface area contributed by atoms with Crippen molar-refractivity contribution in [3.05, 3.63) is 0 Å². The molecule has 6 rings (SSSR count). The van der Waals surface area contributed by atoms with Crippen molar-refractivity contribution in [3.63, 3.8) is 0 Å². The molecule has 0 atom stereocenters. The lowest BCUT2D eigenvalue weighted by Crippen LogP contribution is -2.38. The highest BCUT2D eigenvalue weighted by Crippen LogP contribution is 2.42. The van der Waals surface area contributed by atoms with Gasteiger partial charge in [0, 0.05) is 54.5 Å². The number of thiocarbonyl (C=S) groups is 2. The van der Waals surface area contributed by atoms with E-state index in [4.69, 9.17) is 24.4 Å². The van der Waals surface area contributed by atoms with E-state index in [-0.39, 0.29) is 0 Å². The van der Waals surface area contributed by atoms with Gasteiger partial charge in [-0.1, -0.05) is 50.3 Å². The Bertz CT molecular complexity index is 1000. The number of hydrogen-bond donors (Lipinski definition) is 2. The molecule has 0 aromatic rings. The van der Waals surface area contributed by atoms with E-state index < -0.39 is 0 Å². The second kappa shape index (κ2) is 16.0. The van der Waals surface area contributed by atoms with Gasteiger partial charge >= 0.3 is 0 Å². The number of thioether (sulfide) groups is 1. The van der Waals surface area contributed by atoms with Crippen molar-refractivity contribution >= 4 is 70.2 Å². The molecule has 0 bridgehead atoms. The van der Waals surface area contributed by atoms with Gasteiger partial charge in [-0.05, 0) is 90.0 Å². The van der Waals surface area contributed by atoms with Crippen LogP contribution in [-0.4, -0.2) is 94.6 Å². The number of nitrogens with one attached hydrogen (secondary N) is 2. The molecule has 0 unspecified atom stereocenters. The Hall–Kier alpha value is -1.79. The molecule has 3 spiro atoms. The fourth-order valence-corrected chi connectivity index (χ4v) is 8.15. The third-order valence-electron chi connectivity index (χ3n) is 9.43. The zero-order chi connectivity index (χ0) is 30.8. The highest BCUT2D eigenvalue weighted by atomic mass is 32.2. The van der Waals surface area contributed by atoms with Crippen LogP contribution in [0.15, 0.2) is 20.3 Å². The monoisotopic (exact) mass is 647 g/mol. The van der Waals surface area contributed by atoms with Crippen LogP contribution in [0, 0.1) is 16.2 Å². The third-order valence-corrected chi connectivity index (χ3v) is 10.8. The van der Waals surface area contributed by atoms with Crippen LogP contribution in [-0.2, 0) is 0 Å². The summed E-state index contributed by atoms with van der Waals surface area (Å²) in [4.78, 5) is 4.47. The molecule has 240 valence electrons. The number of hydrogen-bond acceptors (Lipinski definition) is 7. The van der Waals surface area contributed by atoms with Crippen molar-refractivity contribution in [3.8, 4) is 0 Å². The summed E-state index contributed by atoms with van der Waals surface area (Å²) in [5.41, 5.74) is 1.07. The molecular formula is C31H53N9S3. The minimum atomic E-state index is 0.347. The van der Waals surface area contributed by atoms with E-state index in [0.717, 1.165) is 54.7 Å². The Morgan fingerprint density at radius 2 is 1.02 bits per heavy atom. The van der Waals surface area contributed by atoms with E-state index in [2.05, 4.69) is 81.6 Å². The molecule has 0 amide bonds. The van der Waals surface area contributed by atoms with Crippen molar-refractivity contribution in [1.82, 2.24) is 25.7 Å². The number of hydrazone groups is 3. The van der Waals surface area contributed by atoms with Crippen LogP contribution in [0.5, 0.6) is 0 Å². The minimum Gasteiger partial charge on any atom is -0.361 e. The molecule has 3 fully saturated rings. The first-order valence-electron chi connectivity index (χ1n) is 16.4. The molecule has 9 nitrogen and oxygen atoms in total. The summed E-state index contributed by atoms with van der Waals surface area (Å²) in [6, 6.07) is 0. The number of amidine groups is 1. The Balaban J connectivity index is 0.000000148. The molecule has 0 radical (unpaired) electrons. The van der Waals surface area contributed by atoms with Crippen molar-refractivity contribution in [2.45, 2.75) is 97.8 Å². The Kier molecular flexibility index (Phi) is 12.7. The van der Waals surface area contributed by atoms with Gasteiger partial charge in [0.1, 0.15) is 0 Å². The molecule has 3 heterocycles. The summed E-state index contributed by atoms with van der Waals surface area (Å²) in [6.07, 6.45) is 24.3. The molecule has 12 heteroatoms. The van der Waals surface area contributed by atoms with E-state index in [1.165, 1.54) is 77.0 Å². The van der Waals surface area contributed by atoms with Gasteiger partial charge in [0.15, 0.2) is 15.4 Å². The number of nitrogens with zero attached hydrogens (tertiary/aromatic N) is 7. The average molecular weight is 648 g/mol. The fraction of sp³-hybridized carbons (Fsp3) is 0.806. The highest BCUT2D eigenvalue weighted by Gasteiger charge is 2.40. The summed E-state index contributed by atoms with van der Waals surface area (Å²) in [6.45, 7) is 11.8. The second-order valence-corrected chi connectivity index (χ2v) is 14.3. The van der Waals surface area contributed by atoms with Crippen LogP contribution in [0.3, 0.4) is 0 Å². The summed E-state index contributed by atoms with van der Waals surface area (Å²) < 4.78 is 0. The molecular weight excluding hydrogens is 595 g/mol. The molecule has 6 aliphatic rings. The standard InChI is InChI=1S/C11H19N3S.2C10H17N3S/c1-3-12-10(15-2)14-9-11(8-13-14)6-4-5-7-11;2*1-2-11-9(14)13-8-10(7-12-13)5-3-4-6-10/h8H,3-7,9H2,1-2H3;2*7H,2-6,8H2,1H3,(H,11,14). The number of aliphatic imine (C=N–C) groups is 1. The first-order valence-corrected chi connectivity index (χ1v) is 18.5. The third kappa shape index (κ3) is 8.90. The van der Waals surface area contributed by atoms with Gasteiger partial charge in [-0.25, -0.2) is 15.0 Å². The summed E-state index contributed by atoms with van der Waals surface area (Å²) in [7, 11) is 0. The maximum absolute atomic E-state index is 5.23. The lowest BCUT2D eigenvalue weighted by molar-refractivity contribution is 0.344. The van der Waals surface area contributed by atoms with Crippen LogP contribution in [0.1, 0.15) is 97.8 Å². The molecule has 0 aromatic heterocycles. The smallest absolute Gasteiger partial charge is 0.189 e. The zero-order valence-corrected chi connectivity index (χ0v) is 29.3.